The monoisotopic (exact) mass is 332 g/mol. The highest BCUT2D eigenvalue weighted by Gasteiger charge is 2.29. The molecule has 2 heterocycles. The highest BCUT2D eigenvalue weighted by Crippen LogP contribution is 2.39. The molecule has 1 aromatic carbocycles. The number of amides is 1. The number of benzene rings is 1. The van der Waals surface area contributed by atoms with E-state index in [4.69, 9.17) is 0 Å². The van der Waals surface area contributed by atoms with E-state index in [1.165, 1.54) is 0 Å². The molecule has 0 bridgehead atoms. The fourth-order valence-electron chi connectivity index (χ4n) is 2.89. The van der Waals surface area contributed by atoms with Crippen LogP contribution in [0.4, 0.5) is 0 Å². The van der Waals surface area contributed by atoms with Gasteiger partial charge in [-0.1, -0.05) is 24.3 Å². The fourth-order valence-corrected chi connectivity index (χ4v) is 2.89. The van der Waals surface area contributed by atoms with Crippen LogP contribution in [0.1, 0.15) is 53.5 Å². The van der Waals surface area contributed by atoms with Gasteiger partial charge in [-0.25, -0.2) is 4.68 Å². The zero-order chi connectivity index (χ0) is 17.2. The second-order valence-corrected chi connectivity index (χ2v) is 6.46. The van der Waals surface area contributed by atoms with Crippen molar-refractivity contribution in [3.8, 4) is 5.69 Å². The molecular weight excluding hydrogens is 312 g/mol. The summed E-state index contributed by atoms with van der Waals surface area (Å²) in [6.07, 6.45) is 5.80. The molecule has 1 fully saturated rings. The predicted octanol–water partition coefficient (Wildman–Crippen LogP) is 3.64. The Morgan fingerprint density at radius 2 is 2.00 bits per heavy atom. The number of pyridine rings is 1. The minimum absolute atomic E-state index is 0.121. The van der Waals surface area contributed by atoms with Gasteiger partial charge in [0.25, 0.3) is 5.91 Å². The molecule has 4 rings (SSSR count). The number of carbonyl (C=O) groups excluding carboxylic acids is 1. The van der Waals surface area contributed by atoms with Gasteiger partial charge in [-0.3, -0.25) is 9.78 Å². The maximum atomic E-state index is 12.9. The predicted molar refractivity (Wildman–Crippen MR) is 95.7 cm³/mol. The van der Waals surface area contributed by atoms with Crippen molar-refractivity contribution in [1.29, 1.82) is 0 Å². The van der Waals surface area contributed by atoms with Crippen molar-refractivity contribution in [2.24, 2.45) is 0 Å². The first-order valence-corrected chi connectivity index (χ1v) is 8.58. The first kappa shape index (κ1) is 15.6. The number of nitrogens with zero attached hydrogens (tertiary/aromatic N) is 3. The Morgan fingerprint density at radius 1 is 1.20 bits per heavy atom. The Bertz CT molecular complexity index is 869. The van der Waals surface area contributed by atoms with Crippen molar-refractivity contribution >= 4 is 5.91 Å². The van der Waals surface area contributed by atoms with E-state index in [9.17, 15) is 4.79 Å². The van der Waals surface area contributed by atoms with E-state index in [0.717, 1.165) is 29.8 Å². The summed E-state index contributed by atoms with van der Waals surface area (Å²) in [5, 5.41) is 7.74. The lowest BCUT2D eigenvalue weighted by molar-refractivity contribution is 0.0932. The minimum Gasteiger partial charge on any atom is -0.344 e. The van der Waals surface area contributed by atoms with Crippen LogP contribution in [-0.2, 0) is 0 Å². The standard InChI is InChI=1S/C20H20N4O/c1-14(16-6-5-11-21-13-16)22-20(25)19-12-18(15-9-10-15)23-24(19)17-7-3-2-4-8-17/h2-8,11-15H,9-10H2,1H3,(H,22,25)/t14-/m1/s1. The number of hydrogen-bond acceptors (Lipinski definition) is 3. The van der Waals surface area contributed by atoms with Crippen molar-refractivity contribution in [3.63, 3.8) is 0 Å². The van der Waals surface area contributed by atoms with Gasteiger partial charge in [-0.05, 0) is 49.6 Å². The van der Waals surface area contributed by atoms with E-state index in [2.05, 4.69) is 15.4 Å². The van der Waals surface area contributed by atoms with Crippen molar-refractivity contribution in [3.05, 3.63) is 77.9 Å². The summed E-state index contributed by atoms with van der Waals surface area (Å²) in [7, 11) is 0. The van der Waals surface area contributed by atoms with Gasteiger partial charge < -0.3 is 5.32 Å². The lowest BCUT2D eigenvalue weighted by atomic mass is 10.1. The smallest absolute Gasteiger partial charge is 0.270 e. The van der Waals surface area contributed by atoms with Crippen LogP contribution < -0.4 is 5.32 Å². The summed E-state index contributed by atoms with van der Waals surface area (Å²) in [5.41, 5.74) is 3.45. The lowest BCUT2D eigenvalue weighted by Crippen LogP contribution is -2.28. The lowest BCUT2D eigenvalue weighted by Gasteiger charge is -2.14. The highest BCUT2D eigenvalue weighted by atomic mass is 16.2. The maximum absolute atomic E-state index is 12.9. The van der Waals surface area contributed by atoms with Crippen molar-refractivity contribution in [2.75, 3.05) is 0 Å². The summed E-state index contributed by atoms with van der Waals surface area (Å²) in [5.74, 6) is 0.367. The number of rotatable bonds is 5. The zero-order valence-corrected chi connectivity index (χ0v) is 14.1. The molecule has 0 aliphatic heterocycles. The van der Waals surface area contributed by atoms with Crippen LogP contribution in [0.3, 0.4) is 0 Å². The summed E-state index contributed by atoms with van der Waals surface area (Å²) < 4.78 is 1.75. The summed E-state index contributed by atoms with van der Waals surface area (Å²) in [4.78, 5) is 17.0. The van der Waals surface area contributed by atoms with Crippen LogP contribution in [0.5, 0.6) is 0 Å². The molecule has 1 atom stereocenters. The molecule has 5 heteroatoms. The van der Waals surface area contributed by atoms with E-state index in [-0.39, 0.29) is 11.9 Å². The highest BCUT2D eigenvalue weighted by molar-refractivity contribution is 5.93. The summed E-state index contributed by atoms with van der Waals surface area (Å²) >= 11 is 0. The molecule has 25 heavy (non-hydrogen) atoms. The Balaban J connectivity index is 1.63. The number of carbonyl (C=O) groups is 1. The normalized spacial score (nSPS) is 14.9. The zero-order valence-electron chi connectivity index (χ0n) is 14.1. The topological polar surface area (TPSA) is 59.8 Å². The number of nitrogens with one attached hydrogen (secondary N) is 1. The third-order valence-corrected chi connectivity index (χ3v) is 4.49. The van der Waals surface area contributed by atoms with Crippen LogP contribution in [-0.4, -0.2) is 20.7 Å². The second-order valence-electron chi connectivity index (χ2n) is 6.46. The Labute approximate surface area is 146 Å². The van der Waals surface area contributed by atoms with E-state index in [0.29, 0.717) is 11.6 Å². The van der Waals surface area contributed by atoms with Gasteiger partial charge in [0.2, 0.25) is 0 Å². The first-order chi connectivity index (χ1) is 12.2. The Hall–Kier alpha value is -2.95. The van der Waals surface area contributed by atoms with E-state index in [1.807, 2.05) is 55.5 Å². The quantitative estimate of drug-likeness (QED) is 0.776. The molecule has 2 aromatic heterocycles. The molecular formula is C20H20N4O. The van der Waals surface area contributed by atoms with E-state index < -0.39 is 0 Å². The molecule has 3 aromatic rings. The van der Waals surface area contributed by atoms with Gasteiger partial charge in [-0.15, -0.1) is 0 Å². The van der Waals surface area contributed by atoms with Crippen molar-refractivity contribution in [1.82, 2.24) is 20.1 Å². The molecule has 0 radical (unpaired) electrons. The van der Waals surface area contributed by atoms with Crippen LogP contribution in [0.25, 0.3) is 5.69 Å². The second kappa shape index (κ2) is 6.51. The van der Waals surface area contributed by atoms with E-state index >= 15 is 0 Å². The summed E-state index contributed by atoms with van der Waals surface area (Å²) in [6, 6.07) is 15.4. The molecule has 126 valence electrons. The number of aromatic nitrogens is 3. The third-order valence-electron chi connectivity index (χ3n) is 4.49. The van der Waals surface area contributed by atoms with Crippen LogP contribution >= 0.6 is 0 Å². The van der Waals surface area contributed by atoms with E-state index in [1.54, 1.807) is 17.1 Å². The Kier molecular flexibility index (Phi) is 4.06. The molecule has 1 N–H and O–H groups in total. The molecule has 1 amide bonds. The Morgan fingerprint density at radius 3 is 2.68 bits per heavy atom. The molecule has 1 saturated carbocycles. The molecule has 1 aliphatic carbocycles. The van der Waals surface area contributed by atoms with Crippen LogP contribution in [0, 0.1) is 0 Å². The maximum Gasteiger partial charge on any atom is 0.270 e. The van der Waals surface area contributed by atoms with Crippen LogP contribution in [0.2, 0.25) is 0 Å². The first-order valence-electron chi connectivity index (χ1n) is 8.58. The van der Waals surface area contributed by atoms with Crippen molar-refractivity contribution < 1.29 is 4.79 Å². The van der Waals surface area contributed by atoms with Gasteiger partial charge in [-0.2, -0.15) is 5.10 Å². The number of hydrogen-bond donors (Lipinski definition) is 1. The van der Waals surface area contributed by atoms with Crippen molar-refractivity contribution in [2.45, 2.75) is 31.7 Å². The van der Waals surface area contributed by atoms with Gasteiger partial charge in [0.15, 0.2) is 0 Å². The average Bonchev–Trinajstić information content (AvgIpc) is 3.41. The molecule has 1 aliphatic rings. The van der Waals surface area contributed by atoms with Crippen LogP contribution in [0.15, 0.2) is 60.9 Å². The third kappa shape index (κ3) is 3.31. The van der Waals surface area contributed by atoms with Gasteiger partial charge in [0.1, 0.15) is 5.69 Å². The number of para-hydroxylation sites is 1. The molecule has 5 nitrogen and oxygen atoms in total. The van der Waals surface area contributed by atoms with Gasteiger partial charge >= 0.3 is 0 Å². The largest absolute Gasteiger partial charge is 0.344 e. The fraction of sp³-hybridized carbons (Fsp3) is 0.250. The van der Waals surface area contributed by atoms with Gasteiger partial charge in [0.05, 0.1) is 17.4 Å². The summed E-state index contributed by atoms with van der Waals surface area (Å²) in [6.45, 7) is 1.96. The SMILES string of the molecule is C[C@@H](NC(=O)c1cc(C2CC2)nn1-c1ccccc1)c1cccnc1. The molecule has 0 spiro atoms. The van der Waals surface area contributed by atoms with Gasteiger partial charge in [0, 0.05) is 18.3 Å². The minimum atomic E-state index is -0.125. The molecule has 0 saturated heterocycles. The average molecular weight is 332 g/mol. The molecule has 0 unspecified atom stereocenters.